The first kappa shape index (κ1) is 12.6. The molecule has 1 aromatic rings. The van der Waals surface area contributed by atoms with Crippen molar-refractivity contribution in [2.24, 2.45) is 0 Å². The zero-order valence-corrected chi connectivity index (χ0v) is 11.3. The van der Waals surface area contributed by atoms with Crippen molar-refractivity contribution in [2.45, 2.75) is 25.0 Å². The first-order chi connectivity index (χ1) is 9.20. The number of rotatable bonds is 2. The third-order valence-corrected chi connectivity index (χ3v) is 4.76. The van der Waals surface area contributed by atoms with Gasteiger partial charge in [-0.2, -0.15) is 5.26 Å². The summed E-state index contributed by atoms with van der Waals surface area (Å²) in [6.07, 6.45) is 1.21. The molecule has 2 saturated heterocycles. The molecule has 2 atom stereocenters. The molecule has 1 unspecified atom stereocenters. The van der Waals surface area contributed by atoms with Gasteiger partial charge in [-0.15, -0.1) is 11.3 Å². The number of nitrogens with zero attached hydrogens (tertiary/aromatic N) is 3. The number of likely N-dealkylation sites (tertiary alicyclic amines) is 1. The van der Waals surface area contributed by atoms with Gasteiger partial charge in [-0.3, -0.25) is 9.69 Å². The fourth-order valence-corrected chi connectivity index (χ4v) is 3.73. The lowest BCUT2D eigenvalue weighted by Gasteiger charge is -2.22. The van der Waals surface area contributed by atoms with Crippen LogP contribution >= 0.6 is 11.3 Å². The molecule has 2 aliphatic rings. The van der Waals surface area contributed by atoms with E-state index in [1.807, 2.05) is 5.38 Å². The number of hydrogen-bond donors (Lipinski definition) is 1. The Kier molecular flexibility index (Phi) is 3.27. The predicted octanol–water partition coefficient (Wildman–Crippen LogP) is 0.792. The lowest BCUT2D eigenvalue weighted by molar-refractivity contribution is -0.121. The van der Waals surface area contributed by atoms with Gasteiger partial charge in [0, 0.05) is 19.6 Å². The zero-order valence-electron chi connectivity index (χ0n) is 10.5. The van der Waals surface area contributed by atoms with E-state index >= 15 is 0 Å². The van der Waals surface area contributed by atoms with E-state index in [1.54, 1.807) is 11.0 Å². The second-order valence-corrected chi connectivity index (χ2v) is 5.88. The summed E-state index contributed by atoms with van der Waals surface area (Å²) in [5.41, 5.74) is 0.570. The monoisotopic (exact) mass is 277 g/mol. The normalized spacial score (nSPS) is 28.0. The molecule has 100 valence electrons. The number of aliphatic hydroxyl groups excluding tert-OH is 1. The molecular formula is C13H15N3O2S. The molecule has 0 radical (unpaired) electrons. The van der Waals surface area contributed by atoms with Gasteiger partial charge >= 0.3 is 0 Å². The van der Waals surface area contributed by atoms with Gasteiger partial charge in [0.05, 0.1) is 17.7 Å². The average molecular weight is 277 g/mol. The van der Waals surface area contributed by atoms with Crippen LogP contribution in [0, 0.1) is 11.3 Å². The van der Waals surface area contributed by atoms with Crippen molar-refractivity contribution in [3.63, 3.8) is 0 Å². The van der Waals surface area contributed by atoms with Gasteiger partial charge in [0.2, 0.25) is 5.91 Å². The molecule has 1 amide bonds. The van der Waals surface area contributed by atoms with E-state index in [4.69, 9.17) is 5.26 Å². The summed E-state index contributed by atoms with van der Waals surface area (Å²) in [5.74, 6) is 0.0630. The minimum atomic E-state index is -0.307. The van der Waals surface area contributed by atoms with Crippen LogP contribution < -0.4 is 4.90 Å². The summed E-state index contributed by atoms with van der Waals surface area (Å²) in [5, 5.41) is 21.2. The molecule has 0 saturated carbocycles. The quantitative estimate of drug-likeness (QED) is 0.868. The highest BCUT2D eigenvalue weighted by molar-refractivity contribution is 7.14. The summed E-state index contributed by atoms with van der Waals surface area (Å²) >= 11 is 1.43. The number of hydrogen-bond acceptors (Lipinski definition) is 5. The Labute approximate surface area is 115 Å². The van der Waals surface area contributed by atoms with Crippen LogP contribution in [-0.4, -0.2) is 47.7 Å². The van der Waals surface area contributed by atoms with E-state index in [-0.39, 0.29) is 18.1 Å². The first-order valence-corrected chi connectivity index (χ1v) is 7.29. The van der Waals surface area contributed by atoms with Crippen LogP contribution in [0.25, 0.3) is 0 Å². The number of thiophene rings is 1. The van der Waals surface area contributed by atoms with Crippen molar-refractivity contribution in [2.75, 3.05) is 24.5 Å². The molecule has 0 bridgehead atoms. The van der Waals surface area contributed by atoms with Gasteiger partial charge in [0.15, 0.2) is 0 Å². The fraction of sp³-hybridized carbons (Fsp3) is 0.538. The smallest absolute Gasteiger partial charge is 0.245 e. The molecule has 19 heavy (non-hydrogen) atoms. The van der Waals surface area contributed by atoms with Gasteiger partial charge in [0.25, 0.3) is 0 Å². The van der Waals surface area contributed by atoms with E-state index in [0.717, 1.165) is 24.4 Å². The molecule has 0 spiro atoms. The highest BCUT2D eigenvalue weighted by Gasteiger charge is 2.40. The molecular weight excluding hydrogens is 262 g/mol. The highest BCUT2D eigenvalue weighted by atomic mass is 32.1. The third-order valence-electron chi connectivity index (χ3n) is 3.82. The van der Waals surface area contributed by atoms with E-state index in [2.05, 4.69) is 11.0 Å². The highest BCUT2D eigenvalue weighted by Crippen LogP contribution is 2.32. The SMILES string of the molecule is N#Cc1ccsc1N1CCC(N2CC[C@H](O)C2)C1=O. The van der Waals surface area contributed by atoms with E-state index in [0.29, 0.717) is 18.7 Å². The summed E-state index contributed by atoms with van der Waals surface area (Å²) in [7, 11) is 0. The van der Waals surface area contributed by atoms with Crippen LogP contribution in [0.2, 0.25) is 0 Å². The van der Waals surface area contributed by atoms with Gasteiger partial charge in [-0.05, 0) is 24.3 Å². The maximum atomic E-state index is 12.5. The van der Waals surface area contributed by atoms with Crippen molar-refractivity contribution in [1.29, 1.82) is 5.26 Å². The molecule has 5 nitrogen and oxygen atoms in total. The molecule has 0 aliphatic carbocycles. The largest absolute Gasteiger partial charge is 0.392 e. The van der Waals surface area contributed by atoms with Crippen LogP contribution in [0.4, 0.5) is 5.00 Å². The summed E-state index contributed by atoms with van der Waals surface area (Å²) in [6, 6.07) is 3.74. The predicted molar refractivity (Wildman–Crippen MR) is 72.0 cm³/mol. The molecule has 2 fully saturated rings. The van der Waals surface area contributed by atoms with Crippen LogP contribution in [0.3, 0.4) is 0 Å². The Bertz CT molecular complexity index is 536. The summed E-state index contributed by atoms with van der Waals surface area (Å²) in [4.78, 5) is 16.2. The number of nitriles is 1. The lowest BCUT2D eigenvalue weighted by atomic mass is 10.2. The number of carbonyl (C=O) groups is 1. The summed E-state index contributed by atoms with van der Waals surface area (Å²) < 4.78 is 0. The molecule has 0 aromatic carbocycles. The Morgan fingerprint density at radius 1 is 1.42 bits per heavy atom. The zero-order chi connectivity index (χ0) is 13.4. The Balaban J connectivity index is 1.77. The van der Waals surface area contributed by atoms with Gasteiger partial charge in [-0.1, -0.05) is 0 Å². The van der Waals surface area contributed by atoms with Crippen LogP contribution in [0.1, 0.15) is 18.4 Å². The van der Waals surface area contributed by atoms with E-state index in [1.165, 1.54) is 11.3 Å². The molecule has 3 heterocycles. The fourth-order valence-electron chi connectivity index (χ4n) is 2.85. The minimum absolute atomic E-state index is 0.0630. The van der Waals surface area contributed by atoms with Gasteiger partial charge in [-0.25, -0.2) is 0 Å². The lowest BCUT2D eigenvalue weighted by Crippen LogP contribution is -2.41. The van der Waals surface area contributed by atoms with Crippen LogP contribution in [-0.2, 0) is 4.79 Å². The number of carbonyl (C=O) groups excluding carboxylic acids is 1. The Morgan fingerprint density at radius 3 is 2.95 bits per heavy atom. The maximum absolute atomic E-state index is 12.5. The third kappa shape index (κ3) is 2.14. The number of aliphatic hydroxyl groups is 1. The second-order valence-electron chi connectivity index (χ2n) is 4.98. The molecule has 6 heteroatoms. The van der Waals surface area contributed by atoms with Crippen molar-refractivity contribution < 1.29 is 9.90 Å². The Morgan fingerprint density at radius 2 is 2.26 bits per heavy atom. The van der Waals surface area contributed by atoms with Crippen LogP contribution in [0.5, 0.6) is 0 Å². The standard InChI is InChI=1S/C13H15N3O2S/c14-7-9-3-6-19-13(9)16-5-2-11(12(16)18)15-4-1-10(17)8-15/h3,6,10-11,17H,1-2,4-5,8H2/t10-,11?/m0/s1. The molecule has 2 aliphatic heterocycles. The van der Waals surface area contributed by atoms with Crippen LogP contribution in [0.15, 0.2) is 11.4 Å². The topological polar surface area (TPSA) is 67.6 Å². The number of β-amino-alcohol motifs (C(OH)–C–C–N with tert-alkyl or cyclic N) is 1. The van der Waals surface area contributed by atoms with Crippen molar-refractivity contribution in [1.82, 2.24) is 4.90 Å². The van der Waals surface area contributed by atoms with E-state index < -0.39 is 0 Å². The average Bonchev–Trinajstić information content (AvgIpc) is 3.08. The van der Waals surface area contributed by atoms with Crippen molar-refractivity contribution in [3.05, 3.63) is 17.0 Å². The van der Waals surface area contributed by atoms with Gasteiger partial charge < -0.3 is 10.0 Å². The summed E-state index contributed by atoms with van der Waals surface area (Å²) in [6.45, 7) is 2.02. The second kappa shape index (κ2) is 4.93. The Hall–Kier alpha value is -1.42. The number of anilines is 1. The maximum Gasteiger partial charge on any atom is 0.245 e. The van der Waals surface area contributed by atoms with Gasteiger partial charge in [0.1, 0.15) is 11.1 Å². The van der Waals surface area contributed by atoms with Crippen molar-refractivity contribution >= 4 is 22.2 Å². The molecule has 1 aromatic heterocycles. The number of amides is 1. The first-order valence-electron chi connectivity index (χ1n) is 6.42. The van der Waals surface area contributed by atoms with E-state index in [9.17, 15) is 9.90 Å². The molecule has 3 rings (SSSR count). The minimum Gasteiger partial charge on any atom is -0.392 e. The molecule has 1 N–H and O–H groups in total. The van der Waals surface area contributed by atoms with Crippen molar-refractivity contribution in [3.8, 4) is 6.07 Å².